The van der Waals surface area contributed by atoms with Crippen LogP contribution in [-0.4, -0.2) is 26.0 Å². The molecule has 0 aliphatic carbocycles. The molecule has 96 valence electrons. The van der Waals surface area contributed by atoms with E-state index in [-0.39, 0.29) is 5.82 Å². The maximum absolute atomic E-state index is 13.4. The van der Waals surface area contributed by atoms with Crippen molar-refractivity contribution in [2.75, 3.05) is 26.0 Å². The minimum absolute atomic E-state index is 0.158. The van der Waals surface area contributed by atoms with Gasteiger partial charge in [-0.15, -0.1) is 11.8 Å². The Morgan fingerprint density at radius 3 is 2.88 bits per heavy atom. The average molecular weight is 257 g/mol. The number of methoxy groups -OCH3 is 1. The number of rotatable bonds is 8. The normalized spacial score (nSPS) is 10.8. The summed E-state index contributed by atoms with van der Waals surface area (Å²) < 4.78 is 18.3. The molecular formula is C13H20FNOS. The Hall–Kier alpha value is -0.580. The second kappa shape index (κ2) is 8.50. The van der Waals surface area contributed by atoms with Crippen LogP contribution in [0.3, 0.4) is 0 Å². The quantitative estimate of drug-likeness (QED) is 0.571. The summed E-state index contributed by atoms with van der Waals surface area (Å²) in [7, 11) is 1.70. The third-order valence-electron chi connectivity index (χ3n) is 2.27. The van der Waals surface area contributed by atoms with Gasteiger partial charge in [0.05, 0.1) is 0 Å². The molecule has 17 heavy (non-hydrogen) atoms. The number of hydrogen-bond acceptors (Lipinski definition) is 3. The molecular weight excluding hydrogens is 237 g/mol. The highest BCUT2D eigenvalue weighted by molar-refractivity contribution is 7.99. The number of halogens is 1. The molecule has 0 saturated heterocycles. The van der Waals surface area contributed by atoms with Crippen molar-refractivity contribution in [3.63, 3.8) is 0 Å². The van der Waals surface area contributed by atoms with Gasteiger partial charge in [-0.2, -0.15) is 0 Å². The first kappa shape index (κ1) is 14.5. The highest BCUT2D eigenvalue weighted by atomic mass is 32.2. The molecule has 0 spiro atoms. The van der Waals surface area contributed by atoms with E-state index in [1.165, 1.54) is 0 Å². The van der Waals surface area contributed by atoms with Crippen LogP contribution >= 0.6 is 11.8 Å². The maximum Gasteiger partial charge on any atom is 0.124 e. The van der Waals surface area contributed by atoms with Crippen LogP contribution in [0.5, 0.6) is 0 Å². The molecule has 1 rings (SSSR count). The second-order valence-corrected chi connectivity index (χ2v) is 4.94. The lowest BCUT2D eigenvalue weighted by molar-refractivity contribution is 0.200. The molecule has 1 N–H and O–H groups in total. The van der Waals surface area contributed by atoms with Gasteiger partial charge in [-0.1, -0.05) is 6.92 Å². The van der Waals surface area contributed by atoms with E-state index < -0.39 is 0 Å². The van der Waals surface area contributed by atoms with Gasteiger partial charge in [-0.05, 0) is 36.7 Å². The Morgan fingerprint density at radius 2 is 2.18 bits per heavy atom. The molecule has 4 heteroatoms. The standard InChI is InChI=1S/C13H20FNOS/c1-3-15-10-11-7-12(14)9-13(8-11)17-6-4-5-16-2/h7-9,15H,3-6,10H2,1-2H3. The van der Waals surface area contributed by atoms with Crippen LogP contribution in [0.4, 0.5) is 4.39 Å². The smallest absolute Gasteiger partial charge is 0.124 e. The van der Waals surface area contributed by atoms with E-state index in [2.05, 4.69) is 5.32 Å². The van der Waals surface area contributed by atoms with Gasteiger partial charge >= 0.3 is 0 Å². The minimum Gasteiger partial charge on any atom is -0.385 e. The summed E-state index contributed by atoms with van der Waals surface area (Å²) in [5.74, 6) is 0.799. The zero-order valence-corrected chi connectivity index (χ0v) is 11.3. The fraction of sp³-hybridized carbons (Fsp3) is 0.538. The van der Waals surface area contributed by atoms with Crippen LogP contribution in [0.1, 0.15) is 18.9 Å². The van der Waals surface area contributed by atoms with Gasteiger partial charge in [0, 0.05) is 30.9 Å². The van der Waals surface area contributed by atoms with Gasteiger partial charge in [0.15, 0.2) is 0 Å². The number of thioether (sulfide) groups is 1. The number of ether oxygens (including phenoxy) is 1. The van der Waals surface area contributed by atoms with E-state index in [0.717, 1.165) is 42.3 Å². The summed E-state index contributed by atoms with van der Waals surface area (Å²) in [6.07, 6.45) is 0.986. The molecule has 0 saturated carbocycles. The third kappa shape index (κ3) is 6.05. The first-order chi connectivity index (χ1) is 8.26. The lowest BCUT2D eigenvalue weighted by Crippen LogP contribution is -2.11. The van der Waals surface area contributed by atoms with Crippen LogP contribution in [0, 0.1) is 5.82 Å². The second-order valence-electron chi connectivity index (χ2n) is 3.77. The predicted molar refractivity (Wildman–Crippen MR) is 71.0 cm³/mol. The highest BCUT2D eigenvalue weighted by Crippen LogP contribution is 2.21. The van der Waals surface area contributed by atoms with Gasteiger partial charge in [0.25, 0.3) is 0 Å². The van der Waals surface area contributed by atoms with E-state index in [9.17, 15) is 4.39 Å². The van der Waals surface area contributed by atoms with E-state index in [4.69, 9.17) is 4.74 Å². The molecule has 0 bridgehead atoms. The SMILES string of the molecule is CCNCc1cc(F)cc(SCCCOC)c1. The Balaban J connectivity index is 2.50. The Kier molecular flexibility index (Phi) is 7.24. The summed E-state index contributed by atoms with van der Waals surface area (Å²) in [4.78, 5) is 0.994. The molecule has 0 fully saturated rings. The Morgan fingerprint density at radius 1 is 1.35 bits per heavy atom. The highest BCUT2D eigenvalue weighted by Gasteiger charge is 2.01. The van der Waals surface area contributed by atoms with E-state index in [0.29, 0.717) is 0 Å². The van der Waals surface area contributed by atoms with Crippen molar-refractivity contribution >= 4 is 11.8 Å². The van der Waals surface area contributed by atoms with Crippen molar-refractivity contribution < 1.29 is 9.13 Å². The van der Waals surface area contributed by atoms with Crippen molar-refractivity contribution in [3.8, 4) is 0 Å². The number of hydrogen-bond donors (Lipinski definition) is 1. The Bertz CT molecular complexity index is 333. The van der Waals surface area contributed by atoms with E-state index in [1.807, 2.05) is 13.0 Å². The average Bonchev–Trinajstić information content (AvgIpc) is 2.31. The summed E-state index contributed by atoms with van der Waals surface area (Å²) in [6.45, 7) is 4.42. The number of nitrogens with one attached hydrogen (secondary N) is 1. The van der Waals surface area contributed by atoms with Gasteiger partial charge in [-0.3, -0.25) is 0 Å². The maximum atomic E-state index is 13.4. The Labute approximate surface area is 107 Å². The monoisotopic (exact) mass is 257 g/mol. The van der Waals surface area contributed by atoms with Crippen LogP contribution in [-0.2, 0) is 11.3 Å². The van der Waals surface area contributed by atoms with Crippen molar-refractivity contribution in [1.82, 2.24) is 5.32 Å². The van der Waals surface area contributed by atoms with Crippen LogP contribution in [0.25, 0.3) is 0 Å². The van der Waals surface area contributed by atoms with E-state index >= 15 is 0 Å². The van der Waals surface area contributed by atoms with Crippen molar-refractivity contribution in [3.05, 3.63) is 29.6 Å². The van der Waals surface area contributed by atoms with Crippen LogP contribution in [0.15, 0.2) is 23.1 Å². The molecule has 0 heterocycles. The summed E-state index contributed by atoms with van der Waals surface area (Å²) in [5.41, 5.74) is 1.00. The van der Waals surface area contributed by atoms with Crippen molar-refractivity contribution in [1.29, 1.82) is 0 Å². The predicted octanol–water partition coefficient (Wildman–Crippen LogP) is 3.06. The van der Waals surface area contributed by atoms with Gasteiger partial charge in [0.2, 0.25) is 0 Å². The zero-order valence-electron chi connectivity index (χ0n) is 10.5. The fourth-order valence-electron chi connectivity index (χ4n) is 1.47. The molecule has 0 aromatic heterocycles. The molecule has 0 aliphatic rings. The zero-order chi connectivity index (χ0) is 12.5. The third-order valence-corrected chi connectivity index (χ3v) is 3.33. The van der Waals surface area contributed by atoms with E-state index in [1.54, 1.807) is 31.0 Å². The minimum atomic E-state index is -0.158. The van der Waals surface area contributed by atoms with Crippen LogP contribution < -0.4 is 5.32 Å². The molecule has 1 aromatic rings. The van der Waals surface area contributed by atoms with Gasteiger partial charge in [-0.25, -0.2) is 4.39 Å². The summed E-state index contributed by atoms with van der Waals surface area (Å²) >= 11 is 1.67. The number of benzene rings is 1. The molecule has 1 aromatic carbocycles. The van der Waals surface area contributed by atoms with Crippen LogP contribution in [0.2, 0.25) is 0 Å². The molecule has 0 aliphatic heterocycles. The van der Waals surface area contributed by atoms with Crippen molar-refractivity contribution in [2.45, 2.75) is 24.8 Å². The lowest BCUT2D eigenvalue weighted by atomic mass is 10.2. The largest absolute Gasteiger partial charge is 0.385 e. The summed E-state index contributed by atoms with van der Waals surface area (Å²) in [6, 6.07) is 5.22. The van der Waals surface area contributed by atoms with Gasteiger partial charge in [0.1, 0.15) is 5.82 Å². The molecule has 0 radical (unpaired) electrons. The molecule has 2 nitrogen and oxygen atoms in total. The lowest BCUT2D eigenvalue weighted by Gasteiger charge is -2.06. The summed E-state index contributed by atoms with van der Waals surface area (Å²) in [5, 5.41) is 3.20. The first-order valence-corrected chi connectivity index (χ1v) is 6.86. The first-order valence-electron chi connectivity index (χ1n) is 5.88. The van der Waals surface area contributed by atoms with Gasteiger partial charge < -0.3 is 10.1 Å². The molecule has 0 unspecified atom stereocenters. The molecule has 0 amide bonds. The fourth-order valence-corrected chi connectivity index (χ4v) is 2.40. The topological polar surface area (TPSA) is 21.3 Å². The molecule has 0 atom stereocenters. The van der Waals surface area contributed by atoms with Crippen molar-refractivity contribution in [2.24, 2.45) is 0 Å².